The van der Waals surface area contributed by atoms with Gasteiger partial charge in [-0.15, -0.1) is 0 Å². The summed E-state index contributed by atoms with van der Waals surface area (Å²) in [7, 11) is 0. The molecule has 0 aromatic carbocycles. The zero-order chi connectivity index (χ0) is 9.10. The summed E-state index contributed by atoms with van der Waals surface area (Å²) in [5, 5.41) is 0. The van der Waals surface area contributed by atoms with Crippen LogP contribution in [0.2, 0.25) is 0 Å². The third kappa shape index (κ3) is 1.36. The maximum atomic E-state index is 4.20. The molecule has 0 saturated heterocycles. The monoisotopic (exact) mass is 171 g/mol. The summed E-state index contributed by atoms with van der Waals surface area (Å²) >= 11 is 0. The first-order valence-electron chi connectivity index (χ1n) is 3.98. The Morgan fingerprint density at radius 3 is 2.85 bits per heavy atom. The molecule has 0 aliphatic carbocycles. The highest BCUT2D eigenvalue weighted by molar-refractivity contribution is 5.52. The SMILES string of the molecule is C=Cn1ccnc1-c1ccccn1. The van der Waals surface area contributed by atoms with Crippen molar-refractivity contribution in [3.63, 3.8) is 0 Å². The first-order chi connectivity index (χ1) is 6.42. The second-order valence-electron chi connectivity index (χ2n) is 2.56. The first kappa shape index (κ1) is 7.73. The van der Waals surface area contributed by atoms with Gasteiger partial charge in [-0.1, -0.05) is 12.6 Å². The molecule has 0 amide bonds. The summed E-state index contributed by atoms with van der Waals surface area (Å²) < 4.78 is 1.84. The van der Waals surface area contributed by atoms with Crippen LogP contribution in [0.1, 0.15) is 0 Å². The molecular weight excluding hydrogens is 162 g/mol. The van der Waals surface area contributed by atoms with Gasteiger partial charge in [-0.2, -0.15) is 0 Å². The fourth-order valence-electron chi connectivity index (χ4n) is 1.15. The van der Waals surface area contributed by atoms with Crippen molar-refractivity contribution in [3.05, 3.63) is 43.4 Å². The van der Waals surface area contributed by atoms with E-state index in [4.69, 9.17) is 0 Å². The maximum Gasteiger partial charge on any atom is 0.162 e. The molecule has 0 radical (unpaired) electrons. The van der Waals surface area contributed by atoms with Crippen LogP contribution < -0.4 is 0 Å². The number of hydrogen-bond acceptors (Lipinski definition) is 2. The zero-order valence-electron chi connectivity index (χ0n) is 7.09. The zero-order valence-corrected chi connectivity index (χ0v) is 7.09. The molecule has 0 spiro atoms. The lowest BCUT2D eigenvalue weighted by atomic mass is 10.3. The van der Waals surface area contributed by atoms with Crippen LogP contribution in [0.3, 0.4) is 0 Å². The normalized spacial score (nSPS) is 9.85. The van der Waals surface area contributed by atoms with Gasteiger partial charge in [0.15, 0.2) is 5.82 Å². The Labute approximate surface area is 76.4 Å². The van der Waals surface area contributed by atoms with E-state index >= 15 is 0 Å². The quantitative estimate of drug-likeness (QED) is 0.692. The summed E-state index contributed by atoms with van der Waals surface area (Å²) in [5.41, 5.74) is 0.854. The fourth-order valence-corrected chi connectivity index (χ4v) is 1.15. The highest BCUT2D eigenvalue weighted by atomic mass is 15.1. The van der Waals surface area contributed by atoms with Gasteiger partial charge in [-0.25, -0.2) is 4.98 Å². The van der Waals surface area contributed by atoms with Crippen LogP contribution in [0.25, 0.3) is 17.7 Å². The molecule has 0 fully saturated rings. The summed E-state index contributed by atoms with van der Waals surface area (Å²) in [6, 6.07) is 5.73. The fraction of sp³-hybridized carbons (Fsp3) is 0. The third-order valence-electron chi connectivity index (χ3n) is 1.76. The molecule has 0 unspecified atom stereocenters. The van der Waals surface area contributed by atoms with Crippen LogP contribution in [-0.4, -0.2) is 14.5 Å². The van der Waals surface area contributed by atoms with Crippen LogP contribution in [0.15, 0.2) is 43.4 Å². The molecule has 3 nitrogen and oxygen atoms in total. The van der Waals surface area contributed by atoms with Crippen molar-refractivity contribution in [1.82, 2.24) is 14.5 Å². The lowest BCUT2D eigenvalue weighted by Crippen LogP contribution is -1.91. The molecule has 0 N–H and O–H groups in total. The number of rotatable bonds is 2. The van der Waals surface area contributed by atoms with Gasteiger partial charge in [0.25, 0.3) is 0 Å². The third-order valence-corrected chi connectivity index (χ3v) is 1.76. The van der Waals surface area contributed by atoms with E-state index in [0.717, 1.165) is 11.5 Å². The average Bonchev–Trinajstić information content (AvgIpc) is 2.67. The molecule has 3 heteroatoms. The molecule has 2 heterocycles. The molecule has 2 aromatic heterocycles. The molecule has 2 rings (SSSR count). The molecular formula is C10H9N3. The Morgan fingerprint density at radius 2 is 2.15 bits per heavy atom. The summed E-state index contributed by atoms with van der Waals surface area (Å²) in [6.07, 6.45) is 7.02. The van der Waals surface area contributed by atoms with Gasteiger partial charge in [0.05, 0.1) is 0 Å². The minimum atomic E-state index is 0.815. The Bertz CT molecular complexity index is 403. The maximum absolute atomic E-state index is 4.20. The van der Waals surface area contributed by atoms with E-state index in [1.54, 1.807) is 18.6 Å². The molecule has 0 atom stereocenters. The van der Waals surface area contributed by atoms with Crippen molar-refractivity contribution >= 4 is 6.20 Å². The summed E-state index contributed by atoms with van der Waals surface area (Å²) in [4.78, 5) is 8.39. The average molecular weight is 171 g/mol. The first-order valence-corrected chi connectivity index (χ1v) is 3.98. The van der Waals surface area contributed by atoms with E-state index in [1.807, 2.05) is 29.0 Å². The molecule has 0 aliphatic rings. The van der Waals surface area contributed by atoms with Gasteiger partial charge in [-0.05, 0) is 12.1 Å². The second-order valence-corrected chi connectivity index (χ2v) is 2.56. The molecule has 13 heavy (non-hydrogen) atoms. The van der Waals surface area contributed by atoms with Crippen LogP contribution in [0, 0.1) is 0 Å². The van der Waals surface area contributed by atoms with E-state index in [1.165, 1.54) is 0 Å². The Hall–Kier alpha value is -1.90. The van der Waals surface area contributed by atoms with Gasteiger partial charge in [0, 0.05) is 24.8 Å². The van der Waals surface area contributed by atoms with Crippen molar-refractivity contribution in [1.29, 1.82) is 0 Å². The minimum absolute atomic E-state index is 0.815. The topological polar surface area (TPSA) is 30.7 Å². The highest BCUT2D eigenvalue weighted by Crippen LogP contribution is 2.13. The number of nitrogens with zero attached hydrogens (tertiary/aromatic N) is 3. The van der Waals surface area contributed by atoms with E-state index in [0.29, 0.717) is 0 Å². The Kier molecular flexibility index (Phi) is 1.92. The predicted molar refractivity (Wildman–Crippen MR) is 51.8 cm³/mol. The highest BCUT2D eigenvalue weighted by Gasteiger charge is 2.02. The molecule has 0 bridgehead atoms. The number of pyridine rings is 1. The summed E-state index contributed by atoms with van der Waals surface area (Å²) in [5.74, 6) is 0.815. The van der Waals surface area contributed by atoms with Crippen LogP contribution in [0.4, 0.5) is 0 Å². The molecule has 2 aromatic rings. The lowest BCUT2D eigenvalue weighted by molar-refractivity contribution is 1.12. The van der Waals surface area contributed by atoms with E-state index in [9.17, 15) is 0 Å². The molecule has 0 saturated carbocycles. The van der Waals surface area contributed by atoms with E-state index in [2.05, 4.69) is 16.5 Å². The van der Waals surface area contributed by atoms with Gasteiger partial charge in [0.2, 0.25) is 0 Å². The van der Waals surface area contributed by atoms with Crippen molar-refractivity contribution in [2.24, 2.45) is 0 Å². The number of aromatic nitrogens is 3. The minimum Gasteiger partial charge on any atom is -0.306 e. The standard InChI is InChI=1S/C10H9N3/c1-2-13-8-7-12-10(13)9-5-3-4-6-11-9/h2-8H,1H2. The Morgan fingerprint density at radius 1 is 1.23 bits per heavy atom. The van der Waals surface area contributed by atoms with Crippen LogP contribution in [-0.2, 0) is 0 Å². The smallest absolute Gasteiger partial charge is 0.162 e. The van der Waals surface area contributed by atoms with Crippen LogP contribution in [0.5, 0.6) is 0 Å². The summed E-state index contributed by atoms with van der Waals surface area (Å²) in [6.45, 7) is 3.68. The molecule has 64 valence electrons. The van der Waals surface area contributed by atoms with Crippen molar-refractivity contribution in [2.45, 2.75) is 0 Å². The van der Waals surface area contributed by atoms with Gasteiger partial charge in [-0.3, -0.25) is 4.98 Å². The van der Waals surface area contributed by atoms with Crippen LogP contribution >= 0.6 is 0 Å². The largest absolute Gasteiger partial charge is 0.306 e. The lowest BCUT2D eigenvalue weighted by Gasteiger charge is -1.99. The van der Waals surface area contributed by atoms with E-state index in [-0.39, 0.29) is 0 Å². The van der Waals surface area contributed by atoms with Crippen molar-refractivity contribution in [2.75, 3.05) is 0 Å². The Balaban J connectivity index is 2.52. The van der Waals surface area contributed by atoms with Crippen molar-refractivity contribution < 1.29 is 0 Å². The number of imidazole rings is 1. The predicted octanol–water partition coefficient (Wildman–Crippen LogP) is 2.05. The molecule has 0 aliphatic heterocycles. The van der Waals surface area contributed by atoms with Crippen molar-refractivity contribution in [3.8, 4) is 11.5 Å². The van der Waals surface area contributed by atoms with Gasteiger partial charge < -0.3 is 4.57 Å². The van der Waals surface area contributed by atoms with E-state index < -0.39 is 0 Å². The second kappa shape index (κ2) is 3.23. The van der Waals surface area contributed by atoms with Gasteiger partial charge >= 0.3 is 0 Å². The van der Waals surface area contributed by atoms with Gasteiger partial charge in [0.1, 0.15) is 5.69 Å². The number of hydrogen-bond donors (Lipinski definition) is 0.